The second-order valence-corrected chi connectivity index (χ2v) is 4.49. The Hall–Kier alpha value is -0.0800. The van der Waals surface area contributed by atoms with Crippen molar-refractivity contribution < 1.29 is 9.47 Å². The molecular weight excluding hydrogens is 357 g/mol. The molecule has 1 aliphatic carbocycles. The molecule has 0 aromatic carbocycles. The van der Waals surface area contributed by atoms with Gasteiger partial charge in [-0.1, -0.05) is 12.8 Å². The van der Waals surface area contributed by atoms with Crippen LogP contribution < -0.4 is 10.6 Å². The van der Waals surface area contributed by atoms with Crippen LogP contribution in [-0.2, 0) is 9.47 Å². The van der Waals surface area contributed by atoms with Crippen LogP contribution in [0.15, 0.2) is 4.99 Å². The van der Waals surface area contributed by atoms with Crippen molar-refractivity contribution in [2.75, 3.05) is 40.0 Å². The van der Waals surface area contributed by atoms with Crippen molar-refractivity contribution in [1.29, 1.82) is 0 Å². The van der Waals surface area contributed by atoms with Crippen molar-refractivity contribution in [3.8, 4) is 0 Å². The highest BCUT2D eigenvalue weighted by Crippen LogP contribution is 2.17. The molecule has 0 aromatic rings. The van der Waals surface area contributed by atoms with Gasteiger partial charge in [-0.3, -0.25) is 4.99 Å². The molecule has 0 amide bonds. The Bertz CT molecular complexity index is 234. The molecule has 1 rings (SSSR count). The quantitative estimate of drug-likeness (QED) is 0.290. The van der Waals surface area contributed by atoms with Crippen molar-refractivity contribution in [3.05, 3.63) is 0 Å². The minimum Gasteiger partial charge on any atom is -0.382 e. The number of guanidine groups is 1. The van der Waals surface area contributed by atoms with E-state index in [1.165, 1.54) is 25.7 Å². The maximum Gasteiger partial charge on any atom is 0.191 e. The van der Waals surface area contributed by atoms with E-state index >= 15 is 0 Å². The molecule has 114 valence electrons. The largest absolute Gasteiger partial charge is 0.382 e. The Morgan fingerprint density at radius 2 is 1.95 bits per heavy atom. The number of aliphatic imine (C=N–C) groups is 1. The van der Waals surface area contributed by atoms with E-state index in [0.717, 1.165) is 12.5 Å². The summed E-state index contributed by atoms with van der Waals surface area (Å²) in [6.07, 6.45) is 5.18. The lowest BCUT2D eigenvalue weighted by molar-refractivity contribution is 0.0748. The summed E-state index contributed by atoms with van der Waals surface area (Å²) in [5.74, 6) is 0.916. The first-order valence-electron chi connectivity index (χ1n) is 6.98. The molecule has 1 fully saturated rings. The van der Waals surface area contributed by atoms with Gasteiger partial charge < -0.3 is 20.1 Å². The number of hydrogen-bond acceptors (Lipinski definition) is 3. The molecule has 0 heterocycles. The number of rotatable bonds is 8. The maximum absolute atomic E-state index is 5.38. The van der Waals surface area contributed by atoms with Gasteiger partial charge in [-0.2, -0.15) is 0 Å². The summed E-state index contributed by atoms with van der Waals surface area (Å²) in [4.78, 5) is 4.50. The predicted molar refractivity (Wildman–Crippen MR) is 89.5 cm³/mol. The van der Waals surface area contributed by atoms with E-state index in [4.69, 9.17) is 9.47 Å². The minimum atomic E-state index is 0. The van der Waals surface area contributed by atoms with Crippen LogP contribution in [0.1, 0.15) is 32.6 Å². The topological polar surface area (TPSA) is 54.9 Å². The first-order valence-corrected chi connectivity index (χ1v) is 6.98. The first kappa shape index (κ1) is 18.9. The van der Waals surface area contributed by atoms with E-state index in [2.05, 4.69) is 22.5 Å². The number of methoxy groups -OCH3 is 1. The molecule has 0 bridgehead atoms. The summed E-state index contributed by atoms with van der Waals surface area (Å²) in [6, 6.07) is 0.595. The van der Waals surface area contributed by atoms with E-state index in [0.29, 0.717) is 32.4 Å². The number of nitrogens with zero attached hydrogens (tertiary/aromatic N) is 1. The number of ether oxygens (including phenoxy) is 2. The monoisotopic (exact) mass is 385 g/mol. The average Bonchev–Trinajstić information content (AvgIpc) is 2.86. The molecule has 0 spiro atoms. The molecule has 0 aliphatic heterocycles. The SMILES string of the molecule is CCNC(=NCCOCCOC)NC1CCCC1.I. The van der Waals surface area contributed by atoms with E-state index in [9.17, 15) is 0 Å². The van der Waals surface area contributed by atoms with Gasteiger partial charge in [0.15, 0.2) is 5.96 Å². The zero-order valence-corrected chi connectivity index (χ0v) is 14.4. The van der Waals surface area contributed by atoms with Gasteiger partial charge in [0.25, 0.3) is 0 Å². The predicted octanol–water partition coefficient (Wildman–Crippen LogP) is 1.77. The summed E-state index contributed by atoms with van der Waals surface area (Å²) >= 11 is 0. The maximum atomic E-state index is 5.38. The standard InChI is InChI=1S/C13H27N3O2.HI/c1-3-14-13(16-12-6-4-5-7-12)15-8-9-18-11-10-17-2;/h12H,3-11H2,1-2H3,(H2,14,15,16);1H. The third-order valence-corrected chi connectivity index (χ3v) is 2.98. The third-order valence-electron chi connectivity index (χ3n) is 2.98. The molecule has 6 heteroatoms. The van der Waals surface area contributed by atoms with E-state index in [1.807, 2.05) is 0 Å². The third kappa shape index (κ3) is 9.45. The molecule has 19 heavy (non-hydrogen) atoms. The van der Waals surface area contributed by atoms with Crippen LogP contribution in [0.5, 0.6) is 0 Å². The van der Waals surface area contributed by atoms with Crippen LogP contribution in [0.25, 0.3) is 0 Å². The lowest BCUT2D eigenvalue weighted by Crippen LogP contribution is -2.42. The van der Waals surface area contributed by atoms with Gasteiger partial charge in [-0.25, -0.2) is 0 Å². The Kier molecular flexibility index (Phi) is 12.9. The van der Waals surface area contributed by atoms with Gasteiger partial charge in [0.05, 0.1) is 26.4 Å². The van der Waals surface area contributed by atoms with Gasteiger partial charge in [0.2, 0.25) is 0 Å². The summed E-state index contributed by atoms with van der Waals surface area (Å²) in [6.45, 7) is 5.59. The Labute approximate surface area is 133 Å². The van der Waals surface area contributed by atoms with Crippen molar-refractivity contribution in [2.24, 2.45) is 4.99 Å². The number of hydrogen-bond donors (Lipinski definition) is 2. The number of nitrogens with one attached hydrogen (secondary N) is 2. The lowest BCUT2D eigenvalue weighted by atomic mass is 10.2. The Morgan fingerprint density at radius 3 is 2.58 bits per heavy atom. The highest BCUT2D eigenvalue weighted by Gasteiger charge is 2.15. The molecule has 0 saturated heterocycles. The van der Waals surface area contributed by atoms with E-state index < -0.39 is 0 Å². The fraction of sp³-hybridized carbons (Fsp3) is 0.923. The van der Waals surface area contributed by atoms with Crippen LogP contribution in [0.2, 0.25) is 0 Å². The number of halogens is 1. The molecule has 0 radical (unpaired) electrons. The Morgan fingerprint density at radius 1 is 1.21 bits per heavy atom. The molecule has 1 saturated carbocycles. The highest BCUT2D eigenvalue weighted by molar-refractivity contribution is 14.0. The molecule has 0 aromatic heterocycles. The zero-order chi connectivity index (χ0) is 13.1. The van der Waals surface area contributed by atoms with Crippen LogP contribution in [0.3, 0.4) is 0 Å². The van der Waals surface area contributed by atoms with Crippen LogP contribution in [0.4, 0.5) is 0 Å². The van der Waals surface area contributed by atoms with Crippen LogP contribution in [0, 0.1) is 0 Å². The fourth-order valence-electron chi connectivity index (χ4n) is 2.05. The lowest BCUT2D eigenvalue weighted by Gasteiger charge is -2.16. The molecular formula is C13H28IN3O2. The average molecular weight is 385 g/mol. The zero-order valence-electron chi connectivity index (χ0n) is 12.1. The van der Waals surface area contributed by atoms with Crippen molar-refractivity contribution in [1.82, 2.24) is 10.6 Å². The second kappa shape index (κ2) is 12.9. The molecule has 1 aliphatic rings. The Balaban J connectivity index is 0.00000324. The summed E-state index contributed by atoms with van der Waals surface area (Å²) < 4.78 is 10.3. The van der Waals surface area contributed by atoms with Gasteiger partial charge in [-0.15, -0.1) is 24.0 Å². The van der Waals surface area contributed by atoms with E-state index in [1.54, 1.807) is 7.11 Å². The second-order valence-electron chi connectivity index (χ2n) is 4.49. The van der Waals surface area contributed by atoms with Crippen molar-refractivity contribution >= 4 is 29.9 Å². The minimum absolute atomic E-state index is 0. The van der Waals surface area contributed by atoms with Crippen LogP contribution in [-0.4, -0.2) is 52.0 Å². The van der Waals surface area contributed by atoms with Crippen molar-refractivity contribution in [2.45, 2.75) is 38.6 Å². The molecule has 0 unspecified atom stereocenters. The molecule has 2 N–H and O–H groups in total. The van der Waals surface area contributed by atoms with Crippen molar-refractivity contribution in [3.63, 3.8) is 0 Å². The van der Waals surface area contributed by atoms with Crippen LogP contribution >= 0.6 is 24.0 Å². The molecule has 5 nitrogen and oxygen atoms in total. The van der Waals surface area contributed by atoms with Gasteiger partial charge >= 0.3 is 0 Å². The fourth-order valence-corrected chi connectivity index (χ4v) is 2.05. The first-order chi connectivity index (χ1) is 8.86. The summed E-state index contributed by atoms with van der Waals surface area (Å²) in [7, 11) is 1.68. The van der Waals surface area contributed by atoms with Gasteiger partial charge in [0, 0.05) is 19.7 Å². The molecule has 0 atom stereocenters. The summed E-state index contributed by atoms with van der Waals surface area (Å²) in [5.41, 5.74) is 0. The summed E-state index contributed by atoms with van der Waals surface area (Å²) in [5, 5.41) is 6.75. The van der Waals surface area contributed by atoms with E-state index in [-0.39, 0.29) is 24.0 Å². The van der Waals surface area contributed by atoms with Gasteiger partial charge in [0.1, 0.15) is 0 Å². The van der Waals surface area contributed by atoms with Gasteiger partial charge in [-0.05, 0) is 19.8 Å². The smallest absolute Gasteiger partial charge is 0.191 e. The highest BCUT2D eigenvalue weighted by atomic mass is 127. The normalized spacial score (nSPS) is 16.2.